The number of hydrogen-bond acceptors (Lipinski definition) is 2. The smallest absolute Gasteiger partial charge is 0.200 e. The Hall–Kier alpha value is -0.660. The molecule has 2 heteroatoms. The molecule has 0 aromatic heterocycles. The van der Waals surface area contributed by atoms with Crippen LogP contribution in [0.5, 0.6) is 0 Å². The lowest BCUT2D eigenvalue weighted by Crippen LogP contribution is -2.20. The molecule has 2 atom stereocenters. The van der Waals surface area contributed by atoms with E-state index in [1.54, 1.807) is 0 Å². The fourth-order valence-corrected chi connectivity index (χ4v) is 1.22. The fourth-order valence-electron chi connectivity index (χ4n) is 1.22. The molecule has 0 bridgehead atoms. The van der Waals surface area contributed by atoms with E-state index in [-0.39, 0.29) is 17.5 Å². The van der Waals surface area contributed by atoms with Gasteiger partial charge in [0.2, 0.25) is 5.78 Å². The molecule has 0 heterocycles. The van der Waals surface area contributed by atoms with Gasteiger partial charge in [-0.15, -0.1) is 0 Å². The van der Waals surface area contributed by atoms with Crippen molar-refractivity contribution in [2.24, 2.45) is 11.8 Å². The molecule has 2 nitrogen and oxygen atoms in total. The number of rotatable bonds is 5. The third-order valence-corrected chi connectivity index (χ3v) is 2.25. The first kappa shape index (κ1) is 11.3. The molecule has 0 amide bonds. The molecule has 70 valence electrons. The molecule has 0 saturated carbocycles. The molecule has 0 N–H and O–H groups in total. The van der Waals surface area contributed by atoms with Crippen LogP contribution in [-0.2, 0) is 9.59 Å². The largest absolute Gasteiger partial charge is 0.291 e. The highest BCUT2D eigenvalue weighted by molar-refractivity contribution is 6.36. The van der Waals surface area contributed by atoms with Crippen LogP contribution in [-0.4, -0.2) is 11.6 Å². The fraction of sp³-hybridized carbons (Fsp3) is 0.800. The molecule has 0 aromatic rings. The van der Waals surface area contributed by atoms with Gasteiger partial charge >= 0.3 is 0 Å². The van der Waals surface area contributed by atoms with Crippen molar-refractivity contribution in [1.29, 1.82) is 0 Å². The van der Waals surface area contributed by atoms with E-state index >= 15 is 0 Å². The minimum Gasteiger partial charge on any atom is -0.291 e. The highest BCUT2D eigenvalue weighted by Gasteiger charge is 2.18. The number of hydrogen-bond donors (Lipinski definition) is 0. The summed E-state index contributed by atoms with van der Waals surface area (Å²) in [6, 6.07) is 0. The van der Waals surface area contributed by atoms with E-state index in [1.807, 2.05) is 6.92 Å². The second-order valence-corrected chi connectivity index (χ2v) is 3.57. The lowest BCUT2D eigenvalue weighted by atomic mass is 9.91. The Morgan fingerprint density at radius 2 is 1.75 bits per heavy atom. The minimum absolute atomic E-state index is 0.0996. The molecule has 0 aromatic carbocycles. The standard InChI is InChI=1S/C10H18O2/c1-5-7(2)6-8(3)10(12)9(4)11/h7-8H,5-6H2,1-4H3. The van der Waals surface area contributed by atoms with Crippen LogP contribution < -0.4 is 0 Å². The predicted molar refractivity (Wildman–Crippen MR) is 48.9 cm³/mol. The van der Waals surface area contributed by atoms with E-state index in [9.17, 15) is 9.59 Å². The summed E-state index contributed by atoms with van der Waals surface area (Å²) in [4.78, 5) is 21.9. The van der Waals surface area contributed by atoms with E-state index in [1.165, 1.54) is 6.92 Å². The Kier molecular flexibility index (Phi) is 4.79. The Balaban J connectivity index is 3.95. The number of carbonyl (C=O) groups excluding carboxylic acids is 2. The van der Waals surface area contributed by atoms with Crippen LogP contribution >= 0.6 is 0 Å². The van der Waals surface area contributed by atoms with Crippen molar-refractivity contribution in [1.82, 2.24) is 0 Å². The van der Waals surface area contributed by atoms with Crippen LogP contribution in [0, 0.1) is 11.8 Å². The van der Waals surface area contributed by atoms with Gasteiger partial charge in [0.1, 0.15) is 0 Å². The molecule has 0 rings (SSSR count). The van der Waals surface area contributed by atoms with Crippen LogP contribution in [0.25, 0.3) is 0 Å². The molecule has 0 saturated heterocycles. The van der Waals surface area contributed by atoms with Crippen molar-refractivity contribution in [3.05, 3.63) is 0 Å². The van der Waals surface area contributed by atoms with Crippen LogP contribution in [0.3, 0.4) is 0 Å². The lowest BCUT2D eigenvalue weighted by Gasteiger charge is -2.12. The quantitative estimate of drug-likeness (QED) is 0.593. The normalized spacial score (nSPS) is 15.3. The summed E-state index contributed by atoms with van der Waals surface area (Å²) in [6.07, 6.45) is 1.89. The van der Waals surface area contributed by atoms with Crippen LogP contribution in [0.1, 0.15) is 40.5 Å². The van der Waals surface area contributed by atoms with Crippen molar-refractivity contribution in [3.63, 3.8) is 0 Å². The summed E-state index contributed by atoms with van der Waals surface area (Å²) in [6.45, 7) is 7.37. The topological polar surface area (TPSA) is 34.1 Å². The highest BCUT2D eigenvalue weighted by atomic mass is 16.2. The van der Waals surface area contributed by atoms with Gasteiger partial charge in [0.05, 0.1) is 0 Å². The Morgan fingerprint density at radius 1 is 1.25 bits per heavy atom. The third kappa shape index (κ3) is 3.65. The molecular weight excluding hydrogens is 152 g/mol. The summed E-state index contributed by atoms with van der Waals surface area (Å²) in [7, 11) is 0. The van der Waals surface area contributed by atoms with Gasteiger partial charge in [0.15, 0.2) is 5.78 Å². The zero-order valence-corrected chi connectivity index (χ0v) is 8.39. The molecule has 0 radical (unpaired) electrons. The predicted octanol–water partition coefficient (Wildman–Crippen LogP) is 2.22. The molecule has 0 aliphatic heterocycles. The molecule has 0 aliphatic carbocycles. The van der Waals surface area contributed by atoms with Gasteiger partial charge in [0, 0.05) is 12.8 Å². The van der Waals surface area contributed by atoms with Gasteiger partial charge in [-0.3, -0.25) is 9.59 Å². The maximum atomic E-state index is 11.1. The maximum absolute atomic E-state index is 11.1. The molecule has 0 spiro atoms. The summed E-state index contributed by atoms with van der Waals surface area (Å²) < 4.78 is 0. The van der Waals surface area contributed by atoms with E-state index in [2.05, 4.69) is 13.8 Å². The average molecular weight is 170 g/mol. The first-order valence-electron chi connectivity index (χ1n) is 4.53. The Bertz CT molecular complexity index is 173. The highest BCUT2D eigenvalue weighted by Crippen LogP contribution is 2.15. The van der Waals surface area contributed by atoms with E-state index < -0.39 is 0 Å². The summed E-state index contributed by atoms with van der Waals surface area (Å²) in [5, 5.41) is 0. The van der Waals surface area contributed by atoms with Crippen molar-refractivity contribution in [2.75, 3.05) is 0 Å². The molecular formula is C10H18O2. The number of carbonyl (C=O) groups is 2. The first-order valence-corrected chi connectivity index (χ1v) is 4.53. The van der Waals surface area contributed by atoms with Gasteiger partial charge in [0.25, 0.3) is 0 Å². The van der Waals surface area contributed by atoms with E-state index in [0.717, 1.165) is 12.8 Å². The van der Waals surface area contributed by atoms with Gasteiger partial charge < -0.3 is 0 Å². The van der Waals surface area contributed by atoms with Crippen LogP contribution in [0.2, 0.25) is 0 Å². The zero-order chi connectivity index (χ0) is 9.72. The molecule has 12 heavy (non-hydrogen) atoms. The van der Waals surface area contributed by atoms with E-state index in [4.69, 9.17) is 0 Å². The minimum atomic E-state index is -0.314. The lowest BCUT2D eigenvalue weighted by molar-refractivity contribution is -0.137. The Morgan fingerprint density at radius 3 is 2.08 bits per heavy atom. The molecule has 0 fully saturated rings. The van der Waals surface area contributed by atoms with Crippen LogP contribution in [0.4, 0.5) is 0 Å². The van der Waals surface area contributed by atoms with Crippen molar-refractivity contribution < 1.29 is 9.59 Å². The monoisotopic (exact) mass is 170 g/mol. The zero-order valence-electron chi connectivity index (χ0n) is 8.39. The summed E-state index contributed by atoms with van der Waals surface area (Å²) >= 11 is 0. The maximum Gasteiger partial charge on any atom is 0.200 e. The average Bonchev–Trinajstić information content (AvgIpc) is 2.02. The van der Waals surface area contributed by atoms with Crippen molar-refractivity contribution >= 4 is 11.6 Å². The van der Waals surface area contributed by atoms with E-state index in [0.29, 0.717) is 5.92 Å². The van der Waals surface area contributed by atoms with Gasteiger partial charge in [-0.05, 0) is 12.3 Å². The number of ketones is 2. The SMILES string of the molecule is CCC(C)CC(C)C(=O)C(C)=O. The first-order chi connectivity index (χ1) is 5.49. The van der Waals surface area contributed by atoms with Gasteiger partial charge in [-0.1, -0.05) is 27.2 Å². The Labute approximate surface area is 74.3 Å². The van der Waals surface area contributed by atoms with Crippen molar-refractivity contribution in [2.45, 2.75) is 40.5 Å². The molecule has 2 unspecified atom stereocenters. The van der Waals surface area contributed by atoms with Crippen LogP contribution in [0.15, 0.2) is 0 Å². The summed E-state index contributed by atoms with van der Waals surface area (Å²) in [5.74, 6) is -0.109. The summed E-state index contributed by atoms with van der Waals surface area (Å²) in [5.41, 5.74) is 0. The second-order valence-electron chi connectivity index (χ2n) is 3.57. The van der Waals surface area contributed by atoms with Gasteiger partial charge in [-0.25, -0.2) is 0 Å². The molecule has 0 aliphatic rings. The third-order valence-electron chi connectivity index (χ3n) is 2.25. The van der Waals surface area contributed by atoms with Gasteiger partial charge in [-0.2, -0.15) is 0 Å². The van der Waals surface area contributed by atoms with Crippen molar-refractivity contribution in [3.8, 4) is 0 Å². The number of Topliss-reactive ketones (excluding diaryl/α,β-unsaturated/α-hetero) is 2. The second kappa shape index (κ2) is 5.07.